The maximum atomic E-state index is 3.90. The van der Waals surface area contributed by atoms with E-state index in [1.165, 1.54) is 90.3 Å². The first kappa shape index (κ1) is 16.3. The van der Waals surface area contributed by atoms with Crippen LogP contribution in [-0.4, -0.2) is 36.1 Å². The molecule has 1 spiro atoms. The highest BCUT2D eigenvalue weighted by Gasteiger charge is 2.40. The van der Waals surface area contributed by atoms with E-state index in [9.17, 15) is 0 Å². The highest BCUT2D eigenvalue weighted by atomic mass is 15.3. The molecule has 1 atom stereocenters. The minimum Gasteiger partial charge on any atom is -0.308 e. The Kier molecular flexibility index (Phi) is 6.83. The van der Waals surface area contributed by atoms with Crippen LogP contribution >= 0.6 is 0 Å². The van der Waals surface area contributed by atoms with Gasteiger partial charge in [0.05, 0.1) is 0 Å². The first-order chi connectivity index (χ1) is 9.79. The number of piperazine rings is 1. The van der Waals surface area contributed by atoms with Crippen molar-refractivity contribution in [1.82, 2.24) is 10.2 Å². The van der Waals surface area contributed by atoms with Gasteiger partial charge >= 0.3 is 0 Å². The van der Waals surface area contributed by atoms with E-state index in [0.717, 1.165) is 6.04 Å². The minimum atomic E-state index is 0.494. The van der Waals surface area contributed by atoms with E-state index in [-0.39, 0.29) is 0 Å². The van der Waals surface area contributed by atoms with Gasteiger partial charge in [-0.1, -0.05) is 58.8 Å². The molecule has 1 saturated heterocycles. The molecule has 2 rings (SSSR count). The van der Waals surface area contributed by atoms with Gasteiger partial charge in [0.2, 0.25) is 0 Å². The number of rotatable bonds is 8. The Morgan fingerprint density at radius 3 is 2.40 bits per heavy atom. The number of nitrogens with zero attached hydrogens (tertiary/aromatic N) is 1. The van der Waals surface area contributed by atoms with Crippen molar-refractivity contribution in [3.8, 4) is 0 Å². The van der Waals surface area contributed by atoms with Gasteiger partial charge in [0.1, 0.15) is 0 Å². The van der Waals surface area contributed by atoms with Crippen LogP contribution in [-0.2, 0) is 0 Å². The zero-order valence-corrected chi connectivity index (χ0v) is 13.9. The third kappa shape index (κ3) is 4.46. The second-order valence-corrected chi connectivity index (χ2v) is 7.17. The van der Waals surface area contributed by atoms with Crippen LogP contribution in [0.2, 0.25) is 0 Å². The summed E-state index contributed by atoms with van der Waals surface area (Å²) in [5, 5.41) is 3.90. The molecule has 0 aromatic heterocycles. The first-order valence-corrected chi connectivity index (χ1v) is 9.29. The maximum Gasteiger partial charge on any atom is 0.0309 e. The number of unbranched alkanes of at least 4 members (excludes halogenated alkanes) is 5. The van der Waals surface area contributed by atoms with Crippen molar-refractivity contribution in [2.24, 2.45) is 0 Å². The van der Waals surface area contributed by atoms with Crippen molar-refractivity contribution in [2.75, 3.05) is 19.6 Å². The average molecular weight is 280 g/mol. The van der Waals surface area contributed by atoms with E-state index < -0.39 is 0 Å². The summed E-state index contributed by atoms with van der Waals surface area (Å²) < 4.78 is 0. The van der Waals surface area contributed by atoms with E-state index in [0.29, 0.717) is 5.54 Å². The van der Waals surface area contributed by atoms with Gasteiger partial charge in [-0.15, -0.1) is 0 Å². The van der Waals surface area contributed by atoms with Gasteiger partial charge in [0.15, 0.2) is 0 Å². The number of nitrogens with one attached hydrogen (secondary N) is 1. The highest BCUT2D eigenvalue weighted by Crippen LogP contribution is 2.33. The van der Waals surface area contributed by atoms with Gasteiger partial charge in [-0.25, -0.2) is 0 Å². The molecule has 0 amide bonds. The molecule has 2 nitrogen and oxygen atoms in total. The minimum absolute atomic E-state index is 0.494. The van der Waals surface area contributed by atoms with Crippen LogP contribution in [0.1, 0.15) is 84.5 Å². The second kappa shape index (κ2) is 8.38. The van der Waals surface area contributed by atoms with E-state index >= 15 is 0 Å². The molecule has 0 aromatic carbocycles. The van der Waals surface area contributed by atoms with Gasteiger partial charge in [-0.2, -0.15) is 0 Å². The van der Waals surface area contributed by atoms with Crippen LogP contribution in [0.25, 0.3) is 0 Å². The fourth-order valence-electron chi connectivity index (χ4n) is 4.18. The molecule has 118 valence electrons. The van der Waals surface area contributed by atoms with Crippen molar-refractivity contribution in [1.29, 1.82) is 0 Å². The van der Waals surface area contributed by atoms with Gasteiger partial charge < -0.3 is 5.32 Å². The summed E-state index contributed by atoms with van der Waals surface area (Å²) in [6, 6.07) is 0.789. The molecule has 1 aliphatic heterocycles. The molecular formula is C18H36N2. The number of hydrogen-bond donors (Lipinski definition) is 1. The second-order valence-electron chi connectivity index (χ2n) is 7.17. The Balaban J connectivity index is 1.71. The molecule has 20 heavy (non-hydrogen) atoms. The fourth-order valence-corrected chi connectivity index (χ4v) is 4.18. The largest absolute Gasteiger partial charge is 0.308 e. The lowest BCUT2D eigenvalue weighted by atomic mass is 9.91. The van der Waals surface area contributed by atoms with Gasteiger partial charge in [-0.3, -0.25) is 4.90 Å². The summed E-state index contributed by atoms with van der Waals surface area (Å²) in [7, 11) is 0. The molecule has 1 saturated carbocycles. The molecule has 2 heteroatoms. The lowest BCUT2D eigenvalue weighted by molar-refractivity contribution is 0.0766. The van der Waals surface area contributed by atoms with Crippen molar-refractivity contribution in [3.63, 3.8) is 0 Å². The predicted molar refractivity (Wildman–Crippen MR) is 88.2 cm³/mol. The smallest absolute Gasteiger partial charge is 0.0309 e. The van der Waals surface area contributed by atoms with Crippen LogP contribution in [0.3, 0.4) is 0 Å². The fraction of sp³-hybridized carbons (Fsp3) is 1.00. The van der Waals surface area contributed by atoms with Crippen molar-refractivity contribution in [3.05, 3.63) is 0 Å². The number of hydrogen-bond acceptors (Lipinski definition) is 2. The molecule has 2 aliphatic rings. The van der Waals surface area contributed by atoms with E-state index in [2.05, 4.69) is 24.1 Å². The Hall–Kier alpha value is -0.0800. The van der Waals surface area contributed by atoms with Gasteiger partial charge in [-0.05, 0) is 32.2 Å². The van der Waals surface area contributed by atoms with Crippen LogP contribution < -0.4 is 5.32 Å². The lowest BCUT2D eigenvalue weighted by Gasteiger charge is -2.46. The highest BCUT2D eigenvalue weighted by molar-refractivity contribution is 5.00. The van der Waals surface area contributed by atoms with E-state index in [1.54, 1.807) is 0 Å². The van der Waals surface area contributed by atoms with Gasteiger partial charge in [0.25, 0.3) is 0 Å². The summed E-state index contributed by atoms with van der Waals surface area (Å²) in [6.45, 7) is 8.54. The summed E-state index contributed by atoms with van der Waals surface area (Å²) in [5.74, 6) is 0. The van der Waals surface area contributed by atoms with Crippen LogP contribution in [0.15, 0.2) is 0 Å². The van der Waals surface area contributed by atoms with E-state index in [4.69, 9.17) is 0 Å². The van der Waals surface area contributed by atoms with Gasteiger partial charge in [0, 0.05) is 24.7 Å². The lowest BCUT2D eigenvalue weighted by Crippen LogP contribution is -2.63. The molecule has 0 bridgehead atoms. The summed E-state index contributed by atoms with van der Waals surface area (Å²) in [6.07, 6.45) is 15.5. The Bertz CT molecular complexity index is 258. The Morgan fingerprint density at radius 2 is 1.70 bits per heavy atom. The molecule has 1 unspecified atom stereocenters. The third-order valence-electron chi connectivity index (χ3n) is 5.57. The normalized spacial score (nSPS) is 26.4. The standard InChI is InChI=1S/C18H36N2/c1-3-5-6-7-8-11-14-20-16-18(12-9-10-13-18)19-15-17(20)4-2/h17,19H,3-16H2,1-2H3. The molecular weight excluding hydrogens is 244 g/mol. The van der Waals surface area contributed by atoms with E-state index in [1.807, 2.05) is 0 Å². The average Bonchev–Trinajstić information content (AvgIpc) is 2.91. The van der Waals surface area contributed by atoms with Crippen LogP contribution in [0, 0.1) is 0 Å². The summed E-state index contributed by atoms with van der Waals surface area (Å²) >= 11 is 0. The summed E-state index contributed by atoms with van der Waals surface area (Å²) in [5.41, 5.74) is 0.494. The first-order valence-electron chi connectivity index (χ1n) is 9.29. The molecule has 2 fully saturated rings. The topological polar surface area (TPSA) is 15.3 Å². The molecule has 0 radical (unpaired) electrons. The molecule has 1 aliphatic carbocycles. The SMILES string of the molecule is CCCCCCCCN1CC2(CCCC2)NCC1CC. The molecule has 1 N–H and O–H groups in total. The quantitative estimate of drug-likeness (QED) is 0.665. The maximum absolute atomic E-state index is 3.90. The van der Waals surface area contributed by atoms with Crippen LogP contribution in [0.4, 0.5) is 0 Å². The third-order valence-corrected chi connectivity index (χ3v) is 5.57. The van der Waals surface area contributed by atoms with Crippen molar-refractivity contribution < 1.29 is 0 Å². The molecule has 1 heterocycles. The Morgan fingerprint density at radius 1 is 1.00 bits per heavy atom. The summed E-state index contributed by atoms with van der Waals surface area (Å²) in [4.78, 5) is 2.82. The Labute approximate surface area is 126 Å². The van der Waals surface area contributed by atoms with Crippen molar-refractivity contribution in [2.45, 2.75) is 96.1 Å². The monoisotopic (exact) mass is 280 g/mol. The van der Waals surface area contributed by atoms with Crippen molar-refractivity contribution >= 4 is 0 Å². The zero-order chi connectivity index (χ0) is 14.3. The predicted octanol–water partition coefficient (Wildman–Crippen LogP) is 4.34. The molecule has 0 aromatic rings. The zero-order valence-electron chi connectivity index (χ0n) is 13.9. The van der Waals surface area contributed by atoms with Crippen LogP contribution in [0.5, 0.6) is 0 Å².